The molecule has 8 rings (SSSR count). The number of aromatic amines is 4. The fourth-order valence-corrected chi connectivity index (χ4v) is 8.16. The number of hydrogen-bond donors (Lipinski definition) is 7. The fraction of sp³-hybridized carbons (Fsp3) is 0.450. The van der Waals surface area contributed by atoms with Crippen LogP contribution in [-0.4, -0.2) is 117 Å². The molecule has 0 aliphatic carbocycles. The van der Waals surface area contributed by atoms with Gasteiger partial charge in [0, 0.05) is 18.7 Å². The van der Waals surface area contributed by atoms with Crippen LogP contribution >= 0.6 is 0 Å². The van der Waals surface area contributed by atoms with Gasteiger partial charge in [-0.1, -0.05) is 27.7 Å². The summed E-state index contributed by atoms with van der Waals surface area (Å²) >= 11 is 0. The van der Waals surface area contributed by atoms with Crippen LogP contribution in [0.5, 0.6) is 0 Å². The highest BCUT2D eigenvalue weighted by atomic mass is 16.5. The van der Waals surface area contributed by atoms with Gasteiger partial charge in [-0.2, -0.15) is 0 Å². The minimum absolute atomic E-state index is 0.130. The fourth-order valence-electron chi connectivity index (χ4n) is 8.16. The number of likely N-dealkylation sites (tertiary alicyclic amines) is 2. The van der Waals surface area contributed by atoms with E-state index in [0.29, 0.717) is 42.1 Å². The van der Waals surface area contributed by atoms with E-state index in [4.69, 9.17) is 19.7 Å². The van der Waals surface area contributed by atoms with E-state index in [-0.39, 0.29) is 35.7 Å². The summed E-state index contributed by atoms with van der Waals surface area (Å²) in [6.07, 6.45) is 4.17. The number of methoxy groups -OCH3 is 1. The Kier molecular flexibility index (Phi) is 10.3. The lowest BCUT2D eigenvalue weighted by Gasteiger charge is -2.30. The molecule has 2 aromatic carbocycles. The number of carbonyl (C=O) groups is 4. The van der Waals surface area contributed by atoms with Crippen LogP contribution in [0.4, 0.5) is 4.79 Å². The van der Waals surface area contributed by atoms with Crippen LogP contribution in [0, 0.1) is 11.8 Å². The molecule has 2 fully saturated rings. The van der Waals surface area contributed by atoms with E-state index in [1.54, 1.807) is 16.0 Å². The van der Waals surface area contributed by atoms with Gasteiger partial charge in [0.15, 0.2) is 5.82 Å². The molecule has 0 spiro atoms. The lowest BCUT2D eigenvalue weighted by molar-refractivity contribution is -0.139. The summed E-state index contributed by atoms with van der Waals surface area (Å²) in [6, 6.07) is 7.76. The van der Waals surface area contributed by atoms with E-state index in [9.17, 15) is 24.3 Å². The third-order valence-corrected chi connectivity index (χ3v) is 11.2. The van der Waals surface area contributed by atoms with Crippen molar-refractivity contribution in [3.63, 3.8) is 0 Å². The van der Waals surface area contributed by atoms with Crippen molar-refractivity contribution in [3.8, 4) is 22.9 Å². The van der Waals surface area contributed by atoms with Gasteiger partial charge in [-0.25, -0.2) is 24.7 Å². The number of carbonyl (C=O) groups excluding carboxylic acids is 4. The number of hydrogen-bond acceptors (Lipinski definition) is 10. The number of nitrogens with one attached hydrogen (secondary N) is 6. The number of aliphatic hydroxyl groups is 1. The Morgan fingerprint density at radius 3 is 2.00 bits per heavy atom. The highest BCUT2D eigenvalue weighted by Gasteiger charge is 2.39. The molecule has 2 aliphatic heterocycles. The largest absolute Gasteiger partial charge is 0.453 e. The maximum atomic E-state index is 13.6. The predicted octanol–water partition coefficient (Wildman–Crippen LogP) is 4.21. The number of alkyl carbamates (subject to hydrolysis) is 1. The van der Waals surface area contributed by atoms with Crippen molar-refractivity contribution >= 4 is 56.9 Å². The van der Waals surface area contributed by atoms with Crippen molar-refractivity contribution in [1.82, 2.24) is 60.3 Å². The molecule has 0 saturated carbocycles. The number of imidazole rings is 4. The second-order valence-corrected chi connectivity index (χ2v) is 15.8. The summed E-state index contributed by atoms with van der Waals surface area (Å²) in [5.41, 5.74) is 6.20. The van der Waals surface area contributed by atoms with Crippen molar-refractivity contribution in [3.05, 3.63) is 48.2 Å². The minimum Gasteiger partial charge on any atom is -0.453 e. The molecule has 7 N–H and O–H groups in total. The molecule has 2 saturated heterocycles. The summed E-state index contributed by atoms with van der Waals surface area (Å²) < 4.78 is 4.75. The zero-order valence-corrected chi connectivity index (χ0v) is 33.0. The van der Waals surface area contributed by atoms with Gasteiger partial charge >= 0.3 is 6.09 Å². The number of fused-ring (bicyclic) bond motifs is 3. The lowest BCUT2D eigenvalue weighted by atomic mass is 10.0. The smallest absolute Gasteiger partial charge is 0.407 e. The molecule has 4 atom stereocenters. The second kappa shape index (κ2) is 15.6. The Hall–Kier alpha value is -6.30. The van der Waals surface area contributed by atoms with Crippen LogP contribution in [-0.2, 0) is 19.1 Å². The van der Waals surface area contributed by atoms with Gasteiger partial charge in [-0.05, 0) is 67.9 Å². The first-order valence-electron chi connectivity index (χ1n) is 19.7. The third kappa shape index (κ3) is 7.23. The van der Waals surface area contributed by atoms with Gasteiger partial charge in [0.05, 0.1) is 58.5 Å². The minimum atomic E-state index is -0.744. The zero-order chi connectivity index (χ0) is 40.8. The highest BCUT2D eigenvalue weighted by molar-refractivity contribution is 5.94. The van der Waals surface area contributed by atoms with E-state index in [1.807, 2.05) is 58.0 Å². The molecule has 0 bridgehead atoms. The van der Waals surface area contributed by atoms with E-state index in [0.717, 1.165) is 64.3 Å². The van der Waals surface area contributed by atoms with E-state index in [1.165, 1.54) is 7.11 Å². The van der Waals surface area contributed by atoms with Crippen LogP contribution in [0.1, 0.15) is 77.1 Å². The van der Waals surface area contributed by atoms with Gasteiger partial charge in [0.1, 0.15) is 41.9 Å². The second-order valence-electron chi connectivity index (χ2n) is 15.8. The van der Waals surface area contributed by atoms with Gasteiger partial charge in [0.25, 0.3) is 0 Å². The van der Waals surface area contributed by atoms with E-state index in [2.05, 4.69) is 35.6 Å². The molecule has 18 nitrogen and oxygen atoms in total. The van der Waals surface area contributed by atoms with Crippen LogP contribution in [0.25, 0.3) is 56.0 Å². The summed E-state index contributed by atoms with van der Waals surface area (Å²) in [6.45, 7) is 7.94. The number of aliphatic hydroxyl groups excluding tert-OH is 1. The van der Waals surface area contributed by atoms with Crippen LogP contribution < -0.4 is 10.6 Å². The Bertz CT molecular complexity index is 2460. The van der Waals surface area contributed by atoms with Gasteiger partial charge in [-0.15, -0.1) is 0 Å². The number of benzene rings is 2. The summed E-state index contributed by atoms with van der Waals surface area (Å²) in [4.78, 5) is 87.6. The first kappa shape index (κ1) is 38.6. The lowest BCUT2D eigenvalue weighted by Crippen LogP contribution is -2.51. The molecule has 4 aromatic heterocycles. The maximum Gasteiger partial charge on any atom is 0.407 e. The van der Waals surface area contributed by atoms with Gasteiger partial charge in [-0.3, -0.25) is 14.4 Å². The zero-order valence-electron chi connectivity index (χ0n) is 33.0. The molecule has 2 aliphatic rings. The van der Waals surface area contributed by atoms with Gasteiger partial charge < -0.3 is 50.2 Å². The summed E-state index contributed by atoms with van der Waals surface area (Å²) in [5, 5.41) is 14.6. The average molecular weight is 793 g/mol. The molecule has 58 heavy (non-hydrogen) atoms. The van der Waals surface area contributed by atoms with Crippen molar-refractivity contribution in [1.29, 1.82) is 0 Å². The topological polar surface area (TPSA) is 243 Å². The SMILES string of the molecule is COC(=O)N[C@@H](C(=O)N1CCCC1c1ncc(-c2nc3cc4nc(-c5ccc6nc(C7CCCN7C(=O)[C@@H](NC(=O)CO)C(C)C)[nH]c6c5)[nH]c4cc3[nH]2)[nH]1)C(C)C. The Balaban J connectivity index is 0.995. The first-order chi connectivity index (χ1) is 27.9. The Labute approximate surface area is 332 Å². The van der Waals surface area contributed by atoms with E-state index < -0.39 is 30.7 Å². The van der Waals surface area contributed by atoms with Gasteiger partial charge in [0.2, 0.25) is 17.7 Å². The highest BCUT2D eigenvalue weighted by Crippen LogP contribution is 2.35. The molecule has 2 unspecified atom stereocenters. The van der Waals surface area contributed by atoms with Crippen molar-refractivity contribution in [2.24, 2.45) is 11.8 Å². The molecule has 18 heteroatoms. The summed E-state index contributed by atoms with van der Waals surface area (Å²) in [7, 11) is 1.28. The van der Waals surface area contributed by atoms with Crippen LogP contribution in [0.15, 0.2) is 36.5 Å². The Morgan fingerprint density at radius 1 is 0.759 bits per heavy atom. The molecule has 304 valence electrons. The monoisotopic (exact) mass is 792 g/mol. The maximum absolute atomic E-state index is 13.6. The third-order valence-electron chi connectivity index (χ3n) is 11.2. The van der Waals surface area contributed by atoms with Crippen molar-refractivity contribution in [2.45, 2.75) is 77.5 Å². The number of nitrogens with zero attached hydrogens (tertiary/aromatic N) is 6. The normalized spacial score (nSPS) is 18.2. The van der Waals surface area contributed by atoms with Crippen LogP contribution in [0.2, 0.25) is 0 Å². The van der Waals surface area contributed by atoms with Crippen molar-refractivity contribution in [2.75, 3.05) is 26.8 Å². The number of aromatic nitrogens is 8. The standard InChI is InChI=1S/C40H48N12O6/c1-19(2)32(49-31(54)18-53)38(55)52-13-7-9-30(52)37-42-22-11-10-21(14-23(22)47-37)34-43-24-15-26-27(16-25(24)44-34)46-35(45-26)28-17-41-36(48-28)29-8-6-12-51(29)39(56)33(20(3)4)50-40(57)58-5/h10-11,14-17,19-20,29-30,32-33,53H,6-9,12-13,18H2,1-5H3,(H,41,48)(H,42,47)(H,43,44)(H,45,46)(H,49,54)(H,50,57)/t29?,30?,32-,33+/m0/s1. The first-order valence-corrected chi connectivity index (χ1v) is 19.7. The molecule has 6 heterocycles. The van der Waals surface area contributed by atoms with Crippen molar-refractivity contribution < 1.29 is 29.0 Å². The predicted molar refractivity (Wildman–Crippen MR) is 214 cm³/mol. The summed E-state index contributed by atoms with van der Waals surface area (Å²) in [5.74, 6) is 1.38. The molecular weight excluding hydrogens is 745 g/mol. The Morgan fingerprint density at radius 2 is 1.36 bits per heavy atom. The number of H-pyrrole nitrogens is 4. The molecule has 0 radical (unpaired) electrons. The molecule has 4 amide bonds. The molecule has 6 aromatic rings. The van der Waals surface area contributed by atoms with E-state index >= 15 is 0 Å². The molecular formula is C40H48N12O6. The number of rotatable bonds is 11. The quantitative estimate of drug-likeness (QED) is 0.0986. The average Bonchev–Trinajstić information content (AvgIpc) is 4.06. The number of amides is 4. The van der Waals surface area contributed by atoms with Crippen LogP contribution in [0.3, 0.4) is 0 Å². The number of ether oxygens (including phenoxy) is 1.